The first-order valence-electron chi connectivity index (χ1n) is 9.19. The molecule has 0 amide bonds. The number of nitrogens with two attached hydrogens (primary N) is 1. The Morgan fingerprint density at radius 3 is 2.58 bits per heavy atom. The molecule has 2 aromatic rings. The third kappa shape index (κ3) is 3.51. The highest BCUT2D eigenvalue weighted by molar-refractivity contribution is 5.86. The fraction of sp³-hybridized carbons (Fsp3) is 0.600. The Kier molecular flexibility index (Phi) is 5.28. The highest BCUT2D eigenvalue weighted by Gasteiger charge is 2.22. The molecule has 0 spiro atoms. The molecule has 3 rings (SSSR count). The summed E-state index contributed by atoms with van der Waals surface area (Å²) < 4.78 is 7.93. The van der Waals surface area contributed by atoms with E-state index in [2.05, 4.69) is 55.6 Å². The van der Waals surface area contributed by atoms with E-state index in [9.17, 15) is 0 Å². The standard InChI is InChI=1S/C20H31N3O/c1-5-6-19(21)18-13-22(4)20-10-16-12-23(7-8-24-14(2)3)11-15(16)9-17(18)20/h9-10,13-14,19H,5-8,11-12,21H2,1-4H3. The lowest BCUT2D eigenvalue weighted by atomic mass is 10.00. The minimum absolute atomic E-state index is 0.133. The number of hydrogen-bond acceptors (Lipinski definition) is 3. The molecule has 4 heteroatoms. The molecule has 0 saturated carbocycles. The molecule has 2 heterocycles. The summed E-state index contributed by atoms with van der Waals surface area (Å²) >= 11 is 0. The zero-order valence-electron chi connectivity index (χ0n) is 15.5. The minimum atomic E-state index is 0.133. The third-order valence-electron chi connectivity index (χ3n) is 4.99. The summed E-state index contributed by atoms with van der Waals surface area (Å²) in [5, 5.41) is 1.33. The molecule has 0 fully saturated rings. The summed E-state index contributed by atoms with van der Waals surface area (Å²) in [6.07, 6.45) is 4.68. The number of nitrogens with zero attached hydrogens (tertiary/aromatic N) is 2. The van der Waals surface area contributed by atoms with Gasteiger partial charge in [0.2, 0.25) is 0 Å². The van der Waals surface area contributed by atoms with Crippen LogP contribution in [0.5, 0.6) is 0 Å². The van der Waals surface area contributed by atoms with Gasteiger partial charge in [-0.3, -0.25) is 4.90 Å². The SMILES string of the molecule is CCCC(N)c1cn(C)c2cc3c(cc12)CN(CCOC(C)C)C3. The minimum Gasteiger partial charge on any atom is -0.377 e. The van der Waals surface area contributed by atoms with Crippen molar-refractivity contribution in [2.24, 2.45) is 12.8 Å². The van der Waals surface area contributed by atoms with Crippen LogP contribution in [-0.2, 0) is 24.9 Å². The van der Waals surface area contributed by atoms with Crippen LogP contribution in [0, 0.1) is 0 Å². The van der Waals surface area contributed by atoms with Crippen molar-refractivity contribution in [1.82, 2.24) is 9.47 Å². The fourth-order valence-electron chi connectivity index (χ4n) is 3.72. The highest BCUT2D eigenvalue weighted by Crippen LogP contribution is 2.33. The van der Waals surface area contributed by atoms with E-state index in [1.165, 1.54) is 27.6 Å². The first-order chi connectivity index (χ1) is 11.5. The Morgan fingerprint density at radius 1 is 1.21 bits per heavy atom. The van der Waals surface area contributed by atoms with Crippen LogP contribution < -0.4 is 5.73 Å². The molecular weight excluding hydrogens is 298 g/mol. The van der Waals surface area contributed by atoms with E-state index in [1.807, 2.05) is 0 Å². The summed E-state index contributed by atoms with van der Waals surface area (Å²) in [6.45, 7) is 10.2. The Morgan fingerprint density at radius 2 is 1.92 bits per heavy atom. The van der Waals surface area contributed by atoms with E-state index in [1.54, 1.807) is 0 Å². The maximum atomic E-state index is 6.41. The van der Waals surface area contributed by atoms with Crippen LogP contribution in [0.3, 0.4) is 0 Å². The van der Waals surface area contributed by atoms with Crippen molar-refractivity contribution < 1.29 is 4.74 Å². The first kappa shape index (κ1) is 17.5. The van der Waals surface area contributed by atoms with Crippen molar-refractivity contribution in [3.63, 3.8) is 0 Å². The molecule has 0 radical (unpaired) electrons. The van der Waals surface area contributed by atoms with Gasteiger partial charge in [0.25, 0.3) is 0 Å². The summed E-state index contributed by atoms with van der Waals surface area (Å²) in [6, 6.07) is 4.86. The highest BCUT2D eigenvalue weighted by atomic mass is 16.5. The van der Waals surface area contributed by atoms with Gasteiger partial charge in [0, 0.05) is 49.8 Å². The normalized spacial score (nSPS) is 16.2. The van der Waals surface area contributed by atoms with Crippen LogP contribution in [0.4, 0.5) is 0 Å². The predicted octanol–water partition coefficient (Wildman–Crippen LogP) is 3.72. The summed E-state index contributed by atoms with van der Waals surface area (Å²) in [5.74, 6) is 0. The molecule has 132 valence electrons. The third-order valence-corrected chi connectivity index (χ3v) is 4.99. The second kappa shape index (κ2) is 7.26. The lowest BCUT2D eigenvalue weighted by molar-refractivity contribution is 0.0584. The lowest BCUT2D eigenvalue weighted by Gasteiger charge is -2.15. The van der Waals surface area contributed by atoms with Gasteiger partial charge in [0.1, 0.15) is 0 Å². The van der Waals surface area contributed by atoms with Gasteiger partial charge in [-0.05, 0) is 49.1 Å². The molecule has 0 saturated heterocycles. The maximum Gasteiger partial charge on any atom is 0.0597 e. The Bertz CT molecular complexity index is 704. The smallest absolute Gasteiger partial charge is 0.0597 e. The monoisotopic (exact) mass is 329 g/mol. The molecule has 1 aromatic heterocycles. The van der Waals surface area contributed by atoms with Crippen LogP contribution in [0.25, 0.3) is 10.9 Å². The maximum absolute atomic E-state index is 6.41. The molecule has 1 aromatic carbocycles. The molecule has 0 aliphatic carbocycles. The van der Waals surface area contributed by atoms with Gasteiger partial charge < -0.3 is 15.0 Å². The van der Waals surface area contributed by atoms with Crippen molar-refractivity contribution in [3.05, 3.63) is 35.0 Å². The van der Waals surface area contributed by atoms with Crippen LogP contribution >= 0.6 is 0 Å². The van der Waals surface area contributed by atoms with Gasteiger partial charge in [0.05, 0.1) is 12.7 Å². The molecule has 0 bridgehead atoms. The van der Waals surface area contributed by atoms with Crippen LogP contribution in [-0.4, -0.2) is 28.7 Å². The van der Waals surface area contributed by atoms with Gasteiger partial charge >= 0.3 is 0 Å². The molecule has 4 nitrogen and oxygen atoms in total. The molecule has 1 aliphatic heterocycles. The number of aryl methyl sites for hydroxylation is 1. The number of hydrogen-bond donors (Lipinski definition) is 1. The van der Waals surface area contributed by atoms with E-state index < -0.39 is 0 Å². The summed E-state index contributed by atoms with van der Waals surface area (Å²) in [5.41, 5.74) is 11.9. The molecule has 1 atom stereocenters. The van der Waals surface area contributed by atoms with E-state index in [4.69, 9.17) is 10.5 Å². The summed E-state index contributed by atoms with van der Waals surface area (Å²) in [4.78, 5) is 2.47. The summed E-state index contributed by atoms with van der Waals surface area (Å²) in [7, 11) is 2.13. The largest absolute Gasteiger partial charge is 0.377 e. The van der Waals surface area contributed by atoms with Crippen molar-refractivity contribution in [1.29, 1.82) is 0 Å². The second-order valence-corrected chi connectivity index (χ2v) is 7.36. The van der Waals surface area contributed by atoms with E-state index in [0.717, 1.165) is 39.1 Å². The van der Waals surface area contributed by atoms with Gasteiger partial charge in [-0.25, -0.2) is 0 Å². The van der Waals surface area contributed by atoms with Crippen molar-refractivity contribution in [2.45, 2.75) is 58.8 Å². The quantitative estimate of drug-likeness (QED) is 0.842. The number of aromatic nitrogens is 1. The van der Waals surface area contributed by atoms with Crippen molar-refractivity contribution in [3.8, 4) is 0 Å². The molecule has 2 N–H and O–H groups in total. The zero-order chi connectivity index (χ0) is 17.3. The number of ether oxygens (including phenoxy) is 1. The molecule has 1 aliphatic rings. The number of benzene rings is 1. The average molecular weight is 329 g/mol. The zero-order valence-corrected chi connectivity index (χ0v) is 15.5. The number of fused-ring (bicyclic) bond motifs is 2. The van der Waals surface area contributed by atoms with Crippen LogP contribution in [0.2, 0.25) is 0 Å². The van der Waals surface area contributed by atoms with Gasteiger partial charge in [-0.2, -0.15) is 0 Å². The van der Waals surface area contributed by atoms with Crippen LogP contribution in [0.15, 0.2) is 18.3 Å². The van der Waals surface area contributed by atoms with E-state index in [-0.39, 0.29) is 6.04 Å². The lowest BCUT2D eigenvalue weighted by Crippen LogP contribution is -2.23. The Hall–Kier alpha value is -1.36. The average Bonchev–Trinajstić information content (AvgIpc) is 3.06. The van der Waals surface area contributed by atoms with E-state index >= 15 is 0 Å². The van der Waals surface area contributed by atoms with Gasteiger partial charge in [-0.15, -0.1) is 0 Å². The van der Waals surface area contributed by atoms with Crippen molar-refractivity contribution >= 4 is 10.9 Å². The van der Waals surface area contributed by atoms with Gasteiger partial charge in [0.15, 0.2) is 0 Å². The predicted molar refractivity (Wildman–Crippen MR) is 100.0 cm³/mol. The molecular formula is C20H31N3O. The van der Waals surface area contributed by atoms with Crippen molar-refractivity contribution in [2.75, 3.05) is 13.2 Å². The molecule has 24 heavy (non-hydrogen) atoms. The first-order valence-corrected chi connectivity index (χ1v) is 9.19. The van der Waals surface area contributed by atoms with Gasteiger partial charge in [-0.1, -0.05) is 13.3 Å². The van der Waals surface area contributed by atoms with E-state index in [0.29, 0.717) is 6.10 Å². The van der Waals surface area contributed by atoms with Crippen LogP contribution in [0.1, 0.15) is 56.3 Å². The topological polar surface area (TPSA) is 43.4 Å². The molecule has 1 unspecified atom stereocenters. The number of rotatable bonds is 7. The Labute approximate surface area is 145 Å². The fourth-order valence-corrected chi connectivity index (χ4v) is 3.72. The second-order valence-electron chi connectivity index (χ2n) is 7.36. The Balaban J connectivity index is 1.81.